The van der Waals surface area contributed by atoms with Gasteiger partial charge in [0.1, 0.15) is 0 Å². The Morgan fingerprint density at radius 3 is 3.14 bits per heavy atom. The quantitative estimate of drug-likeness (QED) is 0.676. The van der Waals surface area contributed by atoms with E-state index in [1.165, 1.54) is 0 Å². The van der Waals surface area contributed by atoms with E-state index in [0.717, 1.165) is 25.2 Å². The maximum absolute atomic E-state index is 11.6. The molecule has 0 aromatic carbocycles. The van der Waals surface area contributed by atoms with Crippen LogP contribution in [0.25, 0.3) is 0 Å². The van der Waals surface area contributed by atoms with Gasteiger partial charge in [-0.25, -0.2) is 5.01 Å². The predicted octanol–water partition coefficient (Wildman–Crippen LogP) is -0.288. The van der Waals surface area contributed by atoms with Crippen LogP contribution in [0.1, 0.15) is 19.3 Å². The van der Waals surface area contributed by atoms with Crippen molar-refractivity contribution in [2.24, 2.45) is 10.8 Å². The predicted molar refractivity (Wildman–Crippen MR) is 51.8 cm³/mol. The molecule has 2 heterocycles. The van der Waals surface area contributed by atoms with Gasteiger partial charge in [-0.3, -0.25) is 4.79 Å². The molecule has 5 heteroatoms. The average molecular weight is 197 g/mol. The van der Waals surface area contributed by atoms with Crippen LogP contribution in [0.2, 0.25) is 0 Å². The molecule has 0 radical (unpaired) electrons. The van der Waals surface area contributed by atoms with Gasteiger partial charge >= 0.3 is 0 Å². The molecular formula is C9H15N3O2. The third kappa shape index (κ3) is 1.78. The molecule has 1 saturated heterocycles. The van der Waals surface area contributed by atoms with Crippen LogP contribution >= 0.6 is 0 Å². The number of ether oxygens (including phenoxy) is 1. The SMILES string of the molecule is NCCC1=NN(C2CCOC2)C(=O)C1. The molecule has 2 N–H and O–H groups in total. The number of nitrogens with zero attached hydrogens (tertiary/aromatic N) is 2. The lowest BCUT2D eigenvalue weighted by Gasteiger charge is -2.17. The van der Waals surface area contributed by atoms with Crippen molar-refractivity contribution in [3.8, 4) is 0 Å². The van der Waals surface area contributed by atoms with Gasteiger partial charge in [-0.1, -0.05) is 0 Å². The highest BCUT2D eigenvalue weighted by atomic mass is 16.5. The van der Waals surface area contributed by atoms with E-state index in [1.807, 2.05) is 0 Å². The van der Waals surface area contributed by atoms with E-state index in [1.54, 1.807) is 5.01 Å². The number of carbonyl (C=O) groups excluding carboxylic acids is 1. The summed E-state index contributed by atoms with van der Waals surface area (Å²) >= 11 is 0. The molecule has 1 unspecified atom stereocenters. The highest BCUT2D eigenvalue weighted by Crippen LogP contribution is 2.19. The molecule has 0 spiro atoms. The van der Waals surface area contributed by atoms with Crippen LogP contribution in [-0.2, 0) is 9.53 Å². The first-order chi connectivity index (χ1) is 6.81. The summed E-state index contributed by atoms with van der Waals surface area (Å²) in [6.45, 7) is 1.91. The van der Waals surface area contributed by atoms with Gasteiger partial charge in [-0.2, -0.15) is 5.10 Å². The van der Waals surface area contributed by atoms with Crippen LogP contribution < -0.4 is 5.73 Å². The van der Waals surface area contributed by atoms with E-state index < -0.39 is 0 Å². The molecule has 2 aliphatic heterocycles. The molecular weight excluding hydrogens is 182 g/mol. The van der Waals surface area contributed by atoms with Gasteiger partial charge in [0.05, 0.1) is 19.1 Å². The lowest BCUT2D eigenvalue weighted by atomic mass is 10.2. The number of hydrazone groups is 1. The number of rotatable bonds is 3. The van der Waals surface area contributed by atoms with Gasteiger partial charge in [0.15, 0.2) is 0 Å². The number of carbonyl (C=O) groups is 1. The van der Waals surface area contributed by atoms with Gasteiger partial charge in [-0.15, -0.1) is 0 Å². The van der Waals surface area contributed by atoms with Crippen molar-refractivity contribution in [3.05, 3.63) is 0 Å². The van der Waals surface area contributed by atoms with E-state index in [9.17, 15) is 4.79 Å². The summed E-state index contributed by atoms with van der Waals surface area (Å²) < 4.78 is 5.23. The topological polar surface area (TPSA) is 67.9 Å². The van der Waals surface area contributed by atoms with Gasteiger partial charge < -0.3 is 10.5 Å². The van der Waals surface area contributed by atoms with E-state index in [0.29, 0.717) is 19.6 Å². The Labute approximate surface area is 82.9 Å². The Balaban J connectivity index is 2.00. The fraction of sp³-hybridized carbons (Fsp3) is 0.778. The molecule has 2 rings (SSSR count). The molecule has 14 heavy (non-hydrogen) atoms. The molecule has 2 aliphatic rings. The molecule has 0 aromatic rings. The standard InChI is InChI=1S/C9H15N3O2/c10-3-1-7-5-9(13)12(11-7)8-2-4-14-6-8/h8H,1-6,10H2. The van der Waals surface area contributed by atoms with E-state index >= 15 is 0 Å². The third-order valence-electron chi connectivity index (χ3n) is 2.54. The van der Waals surface area contributed by atoms with Crippen LogP contribution in [0, 0.1) is 0 Å². The minimum atomic E-state index is 0.0870. The van der Waals surface area contributed by atoms with Crippen LogP contribution in [0.5, 0.6) is 0 Å². The first-order valence-electron chi connectivity index (χ1n) is 4.97. The number of hydrogen-bond acceptors (Lipinski definition) is 4. The first-order valence-corrected chi connectivity index (χ1v) is 4.97. The van der Waals surface area contributed by atoms with Gasteiger partial charge in [0.25, 0.3) is 0 Å². The van der Waals surface area contributed by atoms with Crippen LogP contribution in [0.3, 0.4) is 0 Å². The summed E-state index contributed by atoms with van der Waals surface area (Å²) in [5, 5.41) is 5.86. The summed E-state index contributed by atoms with van der Waals surface area (Å²) in [5.74, 6) is 0.0870. The Morgan fingerprint density at radius 1 is 1.64 bits per heavy atom. The smallest absolute Gasteiger partial charge is 0.248 e. The largest absolute Gasteiger partial charge is 0.379 e. The zero-order chi connectivity index (χ0) is 9.97. The van der Waals surface area contributed by atoms with Gasteiger partial charge in [-0.05, 0) is 13.0 Å². The average Bonchev–Trinajstić information content (AvgIpc) is 2.74. The maximum atomic E-state index is 11.6. The second-order valence-electron chi connectivity index (χ2n) is 3.64. The zero-order valence-electron chi connectivity index (χ0n) is 8.11. The molecule has 0 bridgehead atoms. The number of hydrogen-bond donors (Lipinski definition) is 1. The minimum absolute atomic E-state index is 0.0870. The van der Waals surface area contributed by atoms with Crippen LogP contribution in [0.15, 0.2) is 5.10 Å². The zero-order valence-corrected chi connectivity index (χ0v) is 8.11. The summed E-state index contributed by atoms with van der Waals surface area (Å²) in [5.41, 5.74) is 6.32. The highest BCUT2D eigenvalue weighted by Gasteiger charge is 2.32. The Bertz CT molecular complexity index is 259. The van der Waals surface area contributed by atoms with Crippen molar-refractivity contribution in [3.63, 3.8) is 0 Å². The maximum Gasteiger partial charge on any atom is 0.248 e. The first kappa shape index (κ1) is 9.61. The molecule has 0 aromatic heterocycles. The lowest BCUT2D eigenvalue weighted by molar-refractivity contribution is -0.130. The highest BCUT2D eigenvalue weighted by molar-refractivity contribution is 6.05. The monoisotopic (exact) mass is 197 g/mol. The molecule has 0 saturated carbocycles. The van der Waals surface area contributed by atoms with Crippen LogP contribution in [-0.4, -0.2) is 42.4 Å². The molecule has 78 valence electrons. The fourth-order valence-electron chi connectivity index (χ4n) is 1.80. The van der Waals surface area contributed by atoms with Crippen molar-refractivity contribution in [2.45, 2.75) is 25.3 Å². The van der Waals surface area contributed by atoms with E-state index in [-0.39, 0.29) is 11.9 Å². The van der Waals surface area contributed by atoms with E-state index in [4.69, 9.17) is 10.5 Å². The Hall–Kier alpha value is -0.940. The third-order valence-corrected chi connectivity index (χ3v) is 2.54. The molecule has 1 atom stereocenters. The van der Waals surface area contributed by atoms with Crippen LogP contribution in [0.4, 0.5) is 0 Å². The summed E-state index contributed by atoms with van der Waals surface area (Å²) in [6, 6.07) is 0.151. The van der Waals surface area contributed by atoms with Crippen molar-refractivity contribution in [1.82, 2.24) is 5.01 Å². The van der Waals surface area contributed by atoms with E-state index in [2.05, 4.69) is 5.10 Å². The molecule has 1 amide bonds. The van der Waals surface area contributed by atoms with Gasteiger partial charge in [0, 0.05) is 18.7 Å². The summed E-state index contributed by atoms with van der Waals surface area (Å²) in [7, 11) is 0. The molecule has 1 fully saturated rings. The normalized spacial score (nSPS) is 27.2. The Kier molecular flexibility index (Phi) is 2.79. The van der Waals surface area contributed by atoms with Crippen molar-refractivity contribution >= 4 is 11.6 Å². The number of amides is 1. The van der Waals surface area contributed by atoms with Crippen molar-refractivity contribution in [2.75, 3.05) is 19.8 Å². The Morgan fingerprint density at radius 2 is 2.50 bits per heavy atom. The summed E-state index contributed by atoms with van der Waals surface area (Å²) in [6.07, 6.45) is 2.05. The molecule has 0 aliphatic carbocycles. The second kappa shape index (κ2) is 4.06. The molecule has 5 nitrogen and oxygen atoms in total. The minimum Gasteiger partial charge on any atom is -0.379 e. The van der Waals surface area contributed by atoms with Gasteiger partial charge in [0.2, 0.25) is 5.91 Å². The van der Waals surface area contributed by atoms with Crippen molar-refractivity contribution < 1.29 is 9.53 Å². The summed E-state index contributed by atoms with van der Waals surface area (Å²) in [4.78, 5) is 11.6. The second-order valence-corrected chi connectivity index (χ2v) is 3.64. The lowest BCUT2D eigenvalue weighted by Crippen LogP contribution is -2.33. The fourth-order valence-corrected chi connectivity index (χ4v) is 1.80. The van der Waals surface area contributed by atoms with Crippen molar-refractivity contribution in [1.29, 1.82) is 0 Å². The number of nitrogens with two attached hydrogens (primary N) is 1.